The van der Waals surface area contributed by atoms with E-state index in [1.165, 1.54) is 0 Å². The Kier molecular flexibility index (Phi) is 4.37. The van der Waals surface area contributed by atoms with E-state index in [1.807, 2.05) is 43.1 Å². The third-order valence-electron chi connectivity index (χ3n) is 2.92. The molecule has 1 aromatic heterocycles. The Morgan fingerprint density at radius 1 is 1.30 bits per heavy atom. The van der Waals surface area contributed by atoms with E-state index in [9.17, 15) is 0 Å². The van der Waals surface area contributed by atoms with E-state index in [0.717, 1.165) is 23.7 Å². The minimum absolute atomic E-state index is 0.602. The zero-order valence-electron chi connectivity index (χ0n) is 11.9. The molecule has 106 valence electrons. The van der Waals surface area contributed by atoms with Gasteiger partial charge in [-0.2, -0.15) is 0 Å². The van der Waals surface area contributed by atoms with E-state index >= 15 is 0 Å². The molecular weight excluding hydrogens is 254 g/mol. The van der Waals surface area contributed by atoms with Crippen molar-refractivity contribution in [1.82, 2.24) is 9.97 Å². The van der Waals surface area contributed by atoms with Crippen molar-refractivity contribution in [1.29, 1.82) is 0 Å². The summed E-state index contributed by atoms with van der Waals surface area (Å²) in [6.45, 7) is 2.56. The van der Waals surface area contributed by atoms with Crippen molar-refractivity contribution in [3.05, 3.63) is 41.7 Å². The predicted octanol–water partition coefficient (Wildman–Crippen LogP) is 1.72. The Hall–Kier alpha value is -2.34. The van der Waals surface area contributed by atoms with Crippen LogP contribution in [-0.4, -0.2) is 24.1 Å². The fourth-order valence-electron chi connectivity index (χ4n) is 1.95. The molecule has 0 fully saturated rings. The highest BCUT2D eigenvalue weighted by Crippen LogP contribution is 2.18. The minimum Gasteiger partial charge on any atom is -0.497 e. The average molecular weight is 273 g/mol. The van der Waals surface area contributed by atoms with Gasteiger partial charge in [0.05, 0.1) is 7.11 Å². The van der Waals surface area contributed by atoms with Gasteiger partial charge in [-0.25, -0.2) is 15.8 Å². The first-order valence-corrected chi connectivity index (χ1v) is 6.28. The van der Waals surface area contributed by atoms with Gasteiger partial charge in [-0.1, -0.05) is 12.1 Å². The molecule has 0 bridgehead atoms. The van der Waals surface area contributed by atoms with Gasteiger partial charge in [0, 0.05) is 19.7 Å². The molecule has 0 amide bonds. The monoisotopic (exact) mass is 273 g/mol. The third-order valence-corrected chi connectivity index (χ3v) is 2.92. The Morgan fingerprint density at radius 2 is 2.10 bits per heavy atom. The molecule has 3 N–H and O–H groups in total. The van der Waals surface area contributed by atoms with Crippen LogP contribution in [0.1, 0.15) is 11.4 Å². The molecular formula is C14H19N5O. The van der Waals surface area contributed by atoms with Gasteiger partial charge in [-0.05, 0) is 24.6 Å². The maximum Gasteiger partial charge on any atom is 0.145 e. The van der Waals surface area contributed by atoms with E-state index in [0.29, 0.717) is 11.6 Å². The first-order chi connectivity index (χ1) is 9.62. The van der Waals surface area contributed by atoms with Crippen molar-refractivity contribution in [2.45, 2.75) is 13.5 Å². The number of hydrogen-bond donors (Lipinski definition) is 2. The fourth-order valence-corrected chi connectivity index (χ4v) is 1.95. The number of aromatic nitrogens is 2. The Bertz CT molecular complexity index is 588. The van der Waals surface area contributed by atoms with Crippen LogP contribution in [-0.2, 0) is 6.54 Å². The van der Waals surface area contributed by atoms with Crippen LogP contribution in [0.4, 0.5) is 11.6 Å². The number of hydrazine groups is 1. The molecule has 0 saturated heterocycles. The predicted molar refractivity (Wildman–Crippen MR) is 79.7 cm³/mol. The van der Waals surface area contributed by atoms with Crippen LogP contribution in [0.5, 0.6) is 5.75 Å². The van der Waals surface area contributed by atoms with Gasteiger partial charge in [0.25, 0.3) is 0 Å². The van der Waals surface area contributed by atoms with E-state index in [4.69, 9.17) is 10.6 Å². The van der Waals surface area contributed by atoms with Crippen LogP contribution in [0, 0.1) is 6.92 Å². The standard InChI is InChI=1S/C14H19N5O/c1-10-16-13(18-15)8-14(17-10)19(2)9-11-5-4-6-12(7-11)20-3/h4-8H,9,15H2,1-3H3,(H,16,17,18). The molecule has 6 nitrogen and oxygen atoms in total. The molecule has 0 saturated carbocycles. The van der Waals surface area contributed by atoms with Gasteiger partial charge in [-0.3, -0.25) is 0 Å². The lowest BCUT2D eigenvalue weighted by Gasteiger charge is -2.19. The lowest BCUT2D eigenvalue weighted by molar-refractivity contribution is 0.414. The average Bonchev–Trinajstić information content (AvgIpc) is 2.46. The number of nitrogens with one attached hydrogen (secondary N) is 1. The number of nitrogens with zero attached hydrogens (tertiary/aromatic N) is 3. The van der Waals surface area contributed by atoms with E-state index in [2.05, 4.69) is 21.5 Å². The van der Waals surface area contributed by atoms with Crippen molar-refractivity contribution >= 4 is 11.6 Å². The van der Waals surface area contributed by atoms with Crippen molar-refractivity contribution < 1.29 is 4.74 Å². The van der Waals surface area contributed by atoms with Crippen LogP contribution in [0.25, 0.3) is 0 Å². The molecule has 0 aliphatic carbocycles. The number of ether oxygens (including phenoxy) is 1. The van der Waals surface area contributed by atoms with E-state index < -0.39 is 0 Å². The smallest absolute Gasteiger partial charge is 0.145 e. The second kappa shape index (κ2) is 6.21. The topological polar surface area (TPSA) is 76.3 Å². The normalized spacial score (nSPS) is 10.2. The van der Waals surface area contributed by atoms with Crippen LogP contribution >= 0.6 is 0 Å². The lowest BCUT2D eigenvalue weighted by atomic mass is 10.2. The molecule has 1 aromatic carbocycles. The van der Waals surface area contributed by atoms with Gasteiger partial charge < -0.3 is 15.1 Å². The quantitative estimate of drug-likeness (QED) is 0.638. The molecule has 20 heavy (non-hydrogen) atoms. The summed E-state index contributed by atoms with van der Waals surface area (Å²) in [7, 11) is 3.64. The molecule has 0 spiro atoms. The summed E-state index contributed by atoms with van der Waals surface area (Å²) in [5, 5.41) is 0. The number of hydrogen-bond acceptors (Lipinski definition) is 6. The molecule has 0 unspecified atom stereocenters. The highest BCUT2D eigenvalue weighted by atomic mass is 16.5. The molecule has 0 radical (unpaired) electrons. The first-order valence-electron chi connectivity index (χ1n) is 6.28. The highest BCUT2D eigenvalue weighted by Gasteiger charge is 2.07. The van der Waals surface area contributed by atoms with Gasteiger partial charge in [0.1, 0.15) is 23.2 Å². The van der Waals surface area contributed by atoms with Crippen molar-refractivity contribution in [2.75, 3.05) is 24.5 Å². The molecule has 1 heterocycles. The van der Waals surface area contributed by atoms with Crippen molar-refractivity contribution in [3.8, 4) is 5.75 Å². The van der Waals surface area contributed by atoms with Crippen LogP contribution in [0.15, 0.2) is 30.3 Å². The number of nitrogens with two attached hydrogens (primary N) is 1. The van der Waals surface area contributed by atoms with Crippen LogP contribution in [0.3, 0.4) is 0 Å². The summed E-state index contributed by atoms with van der Waals surface area (Å²) in [6.07, 6.45) is 0. The Morgan fingerprint density at radius 3 is 2.80 bits per heavy atom. The van der Waals surface area contributed by atoms with E-state index in [1.54, 1.807) is 7.11 Å². The number of aryl methyl sites for hydroxylation is 1. The van der Waals surface area contributed by atoms with Crippen molar-refractivity contribution in [2.24, 2.45) is 5.84 Å². The maximum atomic E-state index is 5.40. The zero-order valence-corrected chi connectivity index (χ0v) is 11.9. The molecule has 2 aromatic rings. The molecule has 6 heteroatoms. The number of benzene rings is 1. The first kappa shape index (κ1) is 14.1. The fraction of sp³-hybridized carbons (Fsp3) is 0.286. The maximum absolute atomic E-state index is 5.40. The largest absolute Gasteiger partial charge is 0.497 e. The van der Waals surface area contributed by atoms with Gasteiger partial charge >= 0.3 is 0 Å². The lowest BCUT2D eigenvalue weighted by Crippen LogP contribution is -2.19. The summed E-state index contributed by atoms with van der Waals surface area (Å²) < 4.78 is 5.23. The zero-order chi connectivity index (χ0) is 14.5. The third kappa shape index (κ3) is 3.36. The second-order valence-electron chi connectivity index (χ2n) is 4.51. The summed E-state index contributed by atoms with van der Waals surface area (Å²) >= 11 is 0. The summed E-state index contributed by atoms with van der Waals surface area (Å²) in [4.78, 5) is 10.6. The summed E-state index contributed by atoms with van der Waals surface area (Å²) in [5.74, 6) is 8.34. The highest BCUT2D eigenvalue weighted by molar-refractivity contribution is 5.48. The summed E-state index contributed by atoms with van der Waals surface area (Å²) in [5.41, 5.74) is 3.69. The number of rotatable bonds is 5. The van der Waals surface area contributed by atoms with Crippen molar-refractivity contribution in [3.63, 3.8) is 0 Å². The number of anilines is 2. The van der Waals surface area contributed by atoms with Gasteiger partial charge in [-0.15, -0.1) is 0 Å². The second-order valence-corrected chi connectivity index (χ2v) is 4.51. The molecule has 2 rings (SSSR count). The summed E-state index contributed by atoms with van der Waals surface area (Å²) in [6, 6.07) is 9.77. The van der Waals surface area contributed by atoms with Gasteiger partial charge in [0.15, 0.2) is 0 Å². The Labute approximate surface area is 118 Å². The van der Waals surface area contributed by atoms with Crippen LogP contribution in [0.2, 0.25) is 0 Å². The van der Waals surface area contributed by atoms with Crippen LogP contribution < -0.4 is 20.9 Å². The molecule has 0 atom stereocenters. The Balaban J connectivity index is 2.18. The SMILES string of the molecule is COc1cccc(CN(C)c2cc(NN)nc(C)n2)c1. The van der Waals surface area contributed by atoms with Gasteiger partial charge in [0.2, 0.25) is 0 Å². The number of methoxy groups -OCH3 is 1. The van der Waals surface area contributed by atoms with E-state index in [-0.39, 0.29) is 0 Å². The molecule has 0 aliphatic heterocycles. The molecule has 0 aliphatic rings. The number of nitrogen functional groups attached to an aromatic ring is 1. The minimum atomic E-state index is 0.602.